The smallest absolute Gasteiger partial charge is 0.255 e. The van der Waals surface area contributed by atoms with Gasteiger partial charge in [0.2, 0.25) is 5.95 Å². The van der Waals surface area contributed by atoms with Crippen LogP contribution in [0.1, 0.15) is 34.8 Å². The number of hydrogen-bond acceptors (Lipinski definition) is 6. The maximum absolute atomic E-state index is 13.9. The maximum Gasteiger partial charge on any atom is 0.255 e. The Bertz CT molecular complexity index is 1090. The van der Waals surface area contributed by atoms with Crippen molar-refractivity contribution in [2.24, 2.45) is 0 Å². The van der Waals surface area contributed by atoms with Crippen LogP contribution in [-0.4, -0.2) is 52.9 Å². The first kappa shape index (κ1) is 20.7. The fourth-order valence-electron chi connectivity index (χ4n) is 3.89. The Morgan fingerprint density at radius 3 is 2.74 bits per heavy atom. The third kappa shape index (κ3) is 4.47. The first-order chi connectivity index (χ1) is 14.9. The minimum absolute atomic E-state index is 0.0133. The standard InChI is InChI=1S/C23H25FN6O/c1-29(2)23-27-13-19(15-5-3-7-18(24)11-15)21(28-23)17-6-4-10-30(14-17)22(31)16-8-9-20(25)26-12-16/h3,5,7-9,11-13,17H,4,6,10,14H2,1-2H3,(H2,25,26)/t17-/m0/s1. The van der Waals surface area contributed by atoms with E-state index in [0.717, 1.165) is 29.7 Å². The largest absolute Gasteiger partial charge is 0.384 e. The van der Waals surface area contributed by atoms with Gasteiger partial charge < -0.3 is 15.5 Å². The number of amides is 1. The highest BCUT2D eigenvalue weighted by Crippen LogP contribution is 2.34. The molecule has 1 amide bonds. The number of nitrogens with zero attached hydrogens (tertiary/aromatic N) is 5. The fraction of sp³-hybridized carbons (Fsp3) is 0.304. The Morgan fingerprint density at radius 1 is 1.19 bits per heavy atom. The second-order valence-corrected chi connectivity index (χ2v) is 7.94. The number of aromatic nitrogens is 3. The molecule has 2 N–H and O–H groups in total. The van der Waals surface area contributed by atoms with Gasteiger partial charge in [-0.2, -0.15) is 0 Å². The SMILES string of the molecule is CN(C)c1ncc(-c2cccc(F)c2)c([C@H]2CCCN(C(=O)c3ccc(N)nc3)C2)n1. The Morgan fingerprint density at radius 2 is 2.03 bits per heavy atom. The predicted octanol–water partition coefficient (Wildman–Crippen LogP) is 3.35. The Balaban J connectivity index is 1.68. The first-order valence-corrected chi connectivity index (χ1v) is 10.2. The lowest BCUT2D eigenvalue weighted by molar-refractivity contribution is 0.0705. The number of benzene rings is 1. The third-order valence-electron chi connectivity index (χ3n) is 5.47. The molecule has 7 nitrogen and oxygen atoms in total. The van der Waals surface area contributed by atoms with Gasteiger partial charge in [-0.05, 0) is 42.7 Å². The molecule has 2 aromatic heterocycles. The summed E-state index contributed by atoms with van der Waals surface area (Å²) in [6, 6.07) is 9.76. The number of nitrogens with two attached hydrogens (primary N) is 1. The number of anilines is 2. The van der Waals surface area contributed by atoms with Crippen LogP contribution in [0, 0.1) is 5.82 Å². The van der Waals surface area contributed by atoms with Gasteiger partial charge in [0.1, 0.15) is 11.6 Å². The molecule has 3 aromatic rings. The van der Waals surface area contributed by atoms with Crippen molar-refractivity contribution >= 4 is 17.7 Å². The van der Waals surface area contributed by atoms with Crippen molar-refractivity contribution in [1.29, 1.82) is 0 Å². The van der Waals surface area contributed by atoms with E-state index < -0.39 is 0 Å². The van der Waals surface area contributed by atoms with E-state index in [1.54, 1.807) is 24.4 Å². The quantitative estimate of drug-likeness (QED) is 0.696. The van der Waals surface area contributed by atoms with Gasteiger partial charge in [-0.3, -0.25) is 4.79 Å². The van der Waals surface area contributed by atoms with E-state index in [2.05, 4.69) is 9.97 Å². The average molecular weight is 420 g/mol. The Hall–Kier alpha value is -3.55. The molecule has 1 aromatic carbocycles. The maximum atomic E-state index is 13.9. The Kier molecular flexibility index (Phi) is 5.79. The van der Waals surface area contributed by atoms with Crippen molar-refractivity contribution in [2.45, 2.75) is 18.8 Å². The van der Waals surface area contributed by atoms with E-state index in [1.807, 2.05) is 30.0 Å². The third-order valence-corrected chi connectivity index (χ3v) is 5.47. The second-order valence-electron chi connectivity index (χ2n) is 7.94. The number of hydrogen-bond donors (Lipinski definition) is 1. The molecule has 1 saturated heterocycles. The summed E-state index contributed by atoms with van der Waals surface area (Å²) in [5.74, 6) is 0.591. The molecule has 0 saturated carbocycles. The van der Waals surface area contributed by atoms with Crippen molar-refractivity contribution < 1.29 is 9.18 Å². The fourth-order valence-corrected chi connectivity index (χ4v) is 3.89. The first-order valence-electron chi connectivity index (χ1n) is 10.2. The number of carbonyl (C=O) groups is 1. The lowest BCUT2D eigenvalue weighted by Gasteiger charge is -2.33. The van der Waals surface area contributed by atoms with E-state index in [1.165, 1.54) is 18.3 Å². The van der Waals surface area contributed by atoms with Crippen molar-refractivity contribution in [3.05, 3.63) is 65.9 Å². The highest BCUT2D eigenvalue weighted by atomic mass is 19.1. The van der Waals surface area contributed by atoms with Gasteiger partial charge in [0.15, 0.2) is 0 Å². The minimum atomic E-state index is -0.309. The van der Waals surface area contributed by atoms with Gasteiger partial charge in [-0.25, -0.2) is 19.3 Å². The van der Waals surface area contributed by atoms with Crippen LogP contribution in [0.3, 0.4) is 0 Å². The van der Waals surface area contributed by atoms with E-state index in [4.69, 9.17) is 10.7 Å². The zero-order chi connectivity index (χ0) is 22.0. The second kappa shape index (κ2) is 8.67. The molecule has 3 heterocycles. The Labute approximate surface area is 180 Å². The van der Waals surface area contributed by atoms with Crippen LogP contribution < -0.4 is 10.6 Å². The lowest BCUT2D eigenvalue weighted by atomic mass is 9.89. The molecule has 0 spiro atoms. The molecule has 31 heavy (non-hydrogen) atoms. The van der Waals surface area contributed by atoms with E-state index in [9.17, 15) is 9.18 Å². The molecular formula is C23H25FN6O. The number of likely N-dealkylation sites (tertiary alicyclic amines) is 1. The molecule has 0 unspecified atom stereocenters. The molecule has 1 atom stereocenters. The molecule has 8 heteroatoms. The van der Waals surface area contributed by atoms with Crippen molar-refractivity contribution in [2.75, 3.05) is 37.8 Å². The molecule has 0 bridgehead atoms. The summed E-state index contributed by atoms with van der Waals surface area (Å²) in [5.41, 5.74) is 8.50. The van der Waals surface area contributed by atoms with Gasteiger partial charge in [-0.15, -0.1) is 0 Å². The topological polar surface area (TPSA) is 88.2 Å². The molecule has 1 aliphatic rings. The van der Waals surface area contributed by atoms with Crippen LogP contribution in [0.25, 0.3) is 11.1 Å². The highest BCUT2D eigenvalue weighted by molar-refractivity contribution is 5.94. The van der Waals surface area contributed by atoms with Crippen LogP contribution in [0.4, 0.5) is 16.2 Å². The van der Waals surface area contributed by atoms with Crippen LogP contribution in [0.5, 0.6) is 0 Å². The molecule has 160 valence electrons. The number of pyridine rings is 1. The number of carbonyl (C=O) groups excluding carboxylic acids is 1. The average Bonchev–Trinajstić information content (AvgIpc) is 2.79. The summed E-state index contributed by atoms with van der Waals surface area (Å²) < 4.78 is 13.9. The predicted molar refractivity (Wildman–Crippen MR) is 118 cm³/mol. The number of nitrogen functional groups attached to an aromatic ring is 1. The van der Waals surface area contributed by atoms with Gasteiger partial charge >= 0.3 is 0 Å². The summed E-state index contributed by atoms with van der Waals surface area (Å²) in [4.78, 5) is 30.0. The summed E-state index contributed by atoms with van der Waals surface area (Å²) in [6.07, 6.45) is 4.99. The van der Waals surface area contributed by atoms with E-state index in [-0.39, 0.29) is 17.6 Å². The zero-order valence-corrected chi connectivity index (χ0v) is 17.6. The van der Waals surface area contributed by atoms with E-state index >= 15 is 0 Å². The minimum Gasteiger partial charge on any atom is -0.384 e. The summed E-state index contributed by atoms with van der Waals surface area (Å²) in [6.45, 7) is 1.19. The van der Waals surface area contributed by atoms with Crippen LogP contribution in [0.2, 0.25) is 0 Å². The number of halogens is 1. The molecule has 1 fully saturated rings. The van der Waals surface area contributed by atoms with Crippen LogP contribution in [0.15, 0.2) is 48.8 Å². The number of piperidine rings is 1. The lowest BCUT2D eigenvalue weighted by Crippen LogP contribution is -2.39. The van der Waals surface area contributed by atoms with Crippen molar-refractivity contribution in [3.63, 3.8) is 0 Å². The molecule has 4 rings (SSSR count). The monoisotopic (exact) mass is 420 g/mol. The van der Waals surface area contributed by atoms with Gasteiger partial charge in [-0.1, -0.05) is 12.1 Å². The highest BCUT2D eigenvalue weighted by Gasteiger charge is 2.29. The van der Waals surface area contributed by atoms with Gasteiger partial charge in [0, 0.05) is 51.1 Å². The molecule has 0 radical (unpaired) electrons. The van der Waals surface area contributed by atoms with Crippen molar-refractivity contribution in [1.82, 2.24) is 19.9 Å². The summed E-state index contributed by atoms with van der Waals surface area (Å²) >= 11 is 0. The van der Waals surface area contributed by atoms with E-state index in [0.29, 0.717) is 30.4 Å². The van der Waals surface area contributed by atoms with Gasteiger partial charge in [0.25, 0.3) is 5.91 Å². The molecule has 1 aliphatic heterocycles. The van der Waals surface area contributed by atoms with Crippen LogP contribution >= 0.6 is 0 Å². The van der Waals surface area contributed by atoms with Gasteiger partial charge in [0.05, 0.1) is 11.3 Å². The van der Waals surface area contributed by atoms with Crippen molar-refractivity contribution in [3.8, 4) is 11.1 Å². The normalized spacial score (nSPS) is 16.2. The summed E-state index contributed by atoms with van der Waals surface area (Å²) in [5, 5.41) is 0. The zero-order valence-electron chi connectivity index (χ0n) is 17.6. The van der Waals surface area contributed by atoms with Crippen LogP contribution in [-0.2, 0) is 0 Å². The molecular weight excluding hydrogens is 395 g/mol. The molecule has 0 aliphatic carbocycles. The summed E-state index contributed by atoms with van der Waals surface area (Å²) in [7, 11) is 3.76. The number of rotatable bonds is 4.